The first-order valence-corrected chi connectivity index (χ1v) is 5.52. The molecule has 3 nitrogen and oxygen atoms in total. The van der Waals surface area contributed by atoms with Gasteiger partial charge in [-0.3, -0.25) is 0 Å². The van der Waals surface area contributed by atoms with Crippen molar-refractivity contribution in [1.29, 1.82) is 0 Å². The molecule has 0 aliphatic rings. The zero-order chi connectivity index (χ0) is 11.9. The number of nitrogen functional groups attached to an aromatic ring is 1. The van der Waals surface area contributed by atoms with Gasteiger partial charge in [0.15, 0.2) is 0 Å². The Balaban J connectivity index is 2.97. The molecule has 1 aromatic heterocycles. The van der Waals surface area contributed by atoms with Gasteiger partial charge >= 0.3 is 0 Å². The van der Waals surface area contributed by atoms with Crippen molar-refractivity contribution < 1.29 is 4.74 Å². The van der Waals surface area contributed by atoms with Gasteiger partial charge in [-0.25, -0.2) is 0 Å². The van der Waals surface area contributed by atoms with E-state index in [-0.39, 0.29) is 0 Å². The molecule has 2 aromatic rings. The molecule has 0 saturated carbocycles. The SMILES string of the molecule is CCc1c(C)n(C)c2c(OC)ccc(N)c12. The average molecular weight is 218 g/mol. The van der Waals surface area contributed by atoms with Crippen LogP contribution in [-0.2, 0) is 13.5 Å². The van der Waals surface area contributed by atoms with Crippen molar-refractivity contribution in [3.8, 4) is 5.75 Å². The number of nitrogens with two attached hydrogens (primary N) is 1. The first-order valence-electron chi connectivity index (χ1n) is 5.52. The summed E-state index contributed by atoms with van der Waals surface area (Å²) in [6, 6.07) is 3.84. The van der Waals surface area contributed by atoms with Crippen LogP contribution in [-0.4, -0.2) is 11.7 Å². The normalized spacial score (nSPS) is 11.0. The molecule has 1 aromatic carbocycles. The van der Waals surface area contributed by atoms with E-state index in [9.17, 15) is 0 Å². The maximum Gasteiger partial charge on any atom is 0.143 e. The van der Waals surface area contributed by atoms with E-state index >= 15 is 0 Å². The number of aromatic nitrogens is 1. The number of methoxy groups -OCH3 is 1. The number of benzene rings is 1. The van der Waals surface area contributed by atoms with Gasteiger partial charge in [0.1, 0.15) is 5.75 Å². The van der Waals surface area contributed by atoms with Gasteiger partial charge in [-0.05, 0) is 31.0 Å². The van der Waals surface area contributed by atoms with Crippen LogP contribution in [0.3, 0.4) is 0 Å². The van der Waals surface area contributed by atoms with Crippen molar-refractivity contribution in [2.24, 2.45) is 7.05 Å². The molecule has 0 fully saturated rings. The van der Waals surface area contributed by atoms with Gasteiger partial charge in [0.05, 0.1) is 12.6 Å². The van der Waals surface area contributed by atoms with Crippen molar-refractivity contribution in [1.82, 2.24) is 4.57 Å². The molecule has 0 spiro atoms. The van der Waals surface area contributed by atoms with E-state index in [0.29, 0.717) is 0 Å². The van der Waals surface area contributed by atoms with E-state index < -0.39 is 0 Å². The summed E-state index contributed by atoms with van der Waals surface area (Å²) in [5.74, 6) is 0.884. The largest absolute Gasteiger partial charge is 0.495 e. The van der Waals surface area contributed by atoms with Crippen LogP contribution < -0.4 is 10.5 Å². The van der Waals surface area contributed by atoms with Crippen molar-refractivity contribution in [2.45, 2.75) is 20.3 Å². The van der Waals surface area contributed by atoms with Gasteiger partial charge in [0.25, 0.3) is 0 Å². The van der Waals surface area contributed by atoms with Gasteiger partial charge in [0, 0.05) is 23.8 Å². The highest BCUT2D eigenvalue weighted by atomic mass is 16.5. The molecule has 16 heavy (non-hydrogen) atoms. The third kappa shape index (κ3) is 1.28. The Morgan fingerprint density at radius 2 is 2.06 bits per heavy atom. The number of hydrogen-bond acceptors (Lipinski definition) is 2. The summed E-state index contributed by atoms with van der Waals surface area (Å²) in [5, 5.41) is 1.14. The highest BCUT2D eigenvalue weighted by Crippen LogP contribution is 2.36. The van der Waals surface area contributed by atoms with E-state index in [0.717, 1.165) is 28.8 Å². The average Bonchev–Trinajstić information content (AvgIpc) is 2.54. The molecule has 0 radical (unpaired) electrons. The Bertz CT molecular complexity index is 541. The number of hydrogen-bond donors (Lipinski definition) is 1. The van der Waals surface area contributed by atoms with Gasteiger partial charge in [0.2, 0.25) is 0 Å². The molecule has 0 aliphatic carbocycles. The minimum atomic E-state index is 0.830. The molecule has 1 heterocycles. The molecule has 0 amide bonds. The highest BCUT2D eigenvalue weighted by Gasteiger charge is 2.16. The summed E-state index contributed by atoms with van der Waals surface area (Å²) in [5.41, 5.74) is 10.6. The van der Waals surface area contributed by atoms with Crippen LogP contribution in [0.25, 0.3) is 10.9 Å². The van der Waals surface area contributed by atoms with E-state index in [2.05, 4.69) is 25.5 Å². The summed E-state index contributed by atoms with van der Waals surface area (Å²) in [6.07, 6.45) is 0.987. The Morgan fingerprint density at radius 1 is 1.38 bits per heavy atom. The van der Waals surface area contributed by atoms with Crippen LogP contribution >= 0.6 is 0 Å². The number of aryl methyl sites for hydroxylation is 2. The molecule has 0 unspecified atom stereocenters. The molecular formula is C13H18N2O. The molecule has 0 atom stereocenters. The second-order valence-electron chi connectivity index (χ2n) is 4.06. The van der Waals surface area contributed by atoms with E-state index in [1.54, 1.807) is 7.11 Å². The molecule has 0 saturated heterocycles. The lowest BCUT2D eigenvalue weighted by Gasteiger charge is -2.06. The third-order valence-corrected chi connectivity index (χ3v) is 3.32. The number of nitrogens with zero attached hydrogens (tertiary/aromatic N) is 1. The summed E-state index contributed by atoms with van der Waals surface area (Å²) in [7, 11) is 3.75. The van der Waals surface area contributed by atoms with Crippen molar-refractivity contribution in [3.05, 3.63) is 23.4 Å². The van der Waals surface area contributed by atoms with Gasteiger partial charge in [-0.15, -0.1) is 0 Å². The van der Waals surface area contributed by atoms with Gasteiger partial charge < -0.3 is 15.0 Å². The minimum Gasteiger partial charge on any atom is -0.495 e. The molecule has 0 aliphatic heterocycles. The first kappa shape index (κ1) is 10.9. The first-order chi connectivity index (χ1) is 7.61. The van der Waals surface area contributed by atoms with Gasteiger partial charge in [-0.1, -0.05) is 6.92 Å². The maximum atomic E-state index is 6.07. The zero-order valence-electron chi connectivity index (χ0n) is 10.3. The van der Waals surface area contributed by atoms with Crippen molar-refractivity contribution in [2.75, 3.05) is 12.8 Å². The number of anilines is 1. The zero-order valence-corrected chi connectivity index (χ0v) is 10.3. The third-order valence-electron chi connectivity index (χ3n) is 3.32. The quantitative estimate of drug-likeness (QED) is 0.787. The highest BCUT2D eigenvalue weighted by molar-refractivity contribution is 5.99. The number of ether oxygens (including phenoxy) is 1. The number of fused-ring (bicyclic) bond motifs is 1. The van der Waals surface area contributed by atoms with E-state index in [1.165, 1.54) is 11.3 Å². The second-order valence-corrected chi connectivity index (χ2v) is 4.06. The van der Waals surface area contributed by atoms with E-state index in [4.69, 9.17) is 10.5 Å². The second kappa shape index (κ2) is 3.74. The summed E-state index contributed by atoms with van der Waals surface area (Å²) < 4.78 is 7.56. The molecular weight excluding hydrogens is 200 g/mol. The monoisotopic (exact) mass is 218 g/mol. The van der Waals surface area contributed by atoms with Crippen LogP contribution in [0.4, 0.5) is 5.69 Å². The van der Waals surface area contributed by atoms with Crippen LogP contribution in [0, 0.1) is 6.92 Å². The van der Waals surface area contributed by atoms with Crippen LogP contribution in [0.5, 0.6) is 5.75 Å². The lowest BCUT2D eigenvalue weighted by molar-refractivity contribution is 0.418. The number of rotatable bonds is 2. The smallest absolute Gasteiger partial charge is 0.143 e. The van der Waals surface area contributed by atoms with Crippen molar-refractivity contribution in [3.63, 3.8) is 0 Å². The Morgan fingerprint density at radius 3 is 2.62 bits per heavy atom. The van der Waals surface area contributed by atoms with Crippen LogP contribution in [0.2, 0.25) is 0 Å². The standard InChI is InChI=1S/C13H18N2O/c1-5-9-8(2)15(3)13-11(16-4)7-6-10(14)12(9)13/h6-7H,5,14H2,1-4H3. The maximum absolute atomic E-state index is 6.07. The van der Waals surface area contributed by atoms with Crippen LogP contribution in [0.1, 0.15) is 18.2 Å². The minimum absolute atomic E-state index is 0.830. The Hall–Kier alpha value is -1.64. The topological polar surface area (TPSA) is 40.2 Å². The fraction of sp³-hybridized carbons (Fsp3) is 0.385. The predicted octanol–water partition coefficient (Wildman–Crippen LogP) is 2.64. The molecule has 3 heteroatoms. The lowest BCUT2D eigenvalue weighted by Crippen LogP contribution is -1.94. The van der Waals surface area contributed by atoms with Crippen LogP contribution in [0.15, 0.2) is 12.1 Å². The van der Waals surface area contributed by atoms with E-state index in [1.807, 2.05) is 12.1 Å². The summed E-state index contributed by atoms with van der Waals surface area (Å²) in [4.78, 5) is 0. The Labute approximate surface area is 95.8 Å². The Kier molecular flexibility index (Phi) is 2.54. The van der Waals surface area contributed by atoms with Gasteiger partial charge in [-0.2, -0.15) is 0 Å². The molecule has 2 rings (SSSR count). The summed E-state index contributed by atoms with van der Waals surface area (Å²) in [6.45, 7) is 4.28. The molecule has 2 N–H and O–H groups in total. The van der Waals surface area contributed by atoms with Crippen molar-refractivity contribution >= 4 is 16.6 Å². The molecule has 0 bridgehead atoms. The fourth-order valence-corrected chi connectivity index (χ4v) is 2.39. The summed E-state index contributed by atoms with van der Waals surface area (Å²) >= 11 is 0. The predicted molar refractivity (Wildman–Crippen MR) is 68.0 cm³/mol. The fourth-order valence-electron chi connectivity index (χ4n) is 2.39. The lowest BCUT2D eigenvalue weighted by atomic mass is 10.1. The molecule has 86 valence electrons.